The van der Waals surface area contributed by atoms with Crippen LogP contribution < -0.4 is 5.32 Å². The van der Waals surface area contributed by atoms with Gasteiger partial charge in [-0.05, 0) is 41.8 Å². The lowest BCUT2D eigenvalue weighted by molar-refractivity contribution is -0.157. The molecule has 234 valence electrons. The maximum atomic E-state index is 13.5. The first-order valence-corrected chi connectivity index (χ1v) is 15.3. The second kappa shape index (κ2) is 14.0. The summed E-state index contributed by atoms with van der Waals surface area (Å²) >= 11 is 0. The van der Waals surface area contributed by atoms with E-state index >= 15 is 0 Å². The Labute approximate surface area is 267 Å². The number of amides is 1. The summed E-state index contributed by atoms with van der Waals surface area (Å²) < 4.78 is 19.5. The number of hydrogen-bond donors (Lipinski definition) is 3. The zero-order valence-electron chi connectivity index (χ0n) is 25.1. The minimum Gasteiger partial charge on any atom is -0.508 e. The molecule has 4 aromatic carbocycles. The number of aliphatic hydroxyl groups is 1. The summed E-state index contributed by atoms with van der Waals surface area (Å²) in [5.74, 6) is -1.96. The van der Waals surface area contributed by atoms with E-state index in [1.54, 1.807) is 30.3 Å². The first kappa shape index (κ1) is 31.0. The van der Waals surface area contributed by atoms with Crippen molar-refractivity contribution in [2.24, 2.45) is 0 Å². The summed E-state index contributed by atoms with van der Waals surface area (Å²) in [4.78, 5) is 26.5. The van der Waals surface area contributed by atoms with Crippen molar-refractivity contribution < 1.29 is 34.0 Å². The number of aliphatic hydroxyl groups excluding tert-OH is 1. The zero-order chi connectivity index (χ0) is 31.9. The predicted molar refractivity (Wildman–Crippen MR) is 173 cm³/mol. The highest BCUT2D eigenvalue weighted by Crippen LogP contribution is 2.47. The molecule has 1 heterocycles. The Morgan fingerprint density at radius 3 is 2.17 bits per heavy atom. The Morgan fingerprint density at radius 2 is 1.52 bits per heavy atom. The van der Waals surface area contributed by atoms with Crippen molar-refractivity contribution in [1.29, 1.82) is 0 Å². The topological polar surface area (TPSA) is 114 Å². The third-order valence-electron chi connectivity index (χ3n) is 8.12. The monoisotopic (exact) mass is 617 g/mol. The maximum Gasteiger partial charge on any atom is 0.338 e. The molecular formula is C38H35NO7. The Kier molecular flexibility index (Phi) is 9.40. The number of phenols is 1. The third kappa shape index (κ3) is 6.65. The summed E-state index contributed by atoms with van der Waals surface area (Å²) in [5.41, 5.74) is 3.99. The number of benzene rings is 4. The number of esters is 1. The fourth-order valence-corrected chi connectivity index (χ4v) is 5.82. The first-order chi connectivity index (χ1) is 22.5. The van der Waals surface area contributed by atoms with Crippen LogP contribution in [0.25, 0.3) is 6.08 Å². The van der Waals surface area contributed by atoms with Gasteiger partial charge in [-0.25, -0.2) is 4.79 Å². The number of ether oxygens (including phenoxy) is 3. The van der Waals surface area contributed by atoms with E-state index in [0.717, 1.165) is 22.3 Å². The van der Waals surface area contributed by atoms with E-state index < -0.39 is 30.1 Å². The molecule has 1 aliphatic carbocycles. The molecule has 46 heavy (non-hydrogen) atoms. The molecule has 0 radical (unpaired) electrons. The minimum atomic E-state index is -1.29. The number of nitrogens with one attached hydrogen (secondary N) is 1. The molecule has 2 aliphatic rings. The van der Waals surface area contributed by atoms with E-state index in [9.17, 15) is 19.8 Å². The molecule has 0 aromatic heterocycles. The Hall–Kier alpha value is -5.02. The largest absolute Gasteiger partial charge is 0.508 e. The quantitative estimate of drug-likeness (QED) is 0.207. The second-order valence-electron chi connectivity index (χ2n) is 11.2. The smallest absolute Gasteiger partial charge is 0.338 e. The molecule has 1 aliphatic heterocycles. The Morgan fingerprint density at radius 1 is 0.870 bits per heavy atom. The van der Waals surface area contributed by atoms with Crippen LogP contribution in [0.1, 0.15) is 39.0 Å². The van der Waals surface area contributed by atoms with Crippen molar-refractivity contribution in [3.8, 4) is 5.75 Å². The molecule has 0 spiro atoms. The first-order valence-electron chi connectivity index (χ1n) is 15.3. The molecule has 1 saturated heterocycles. The summed E-state index contributed by atoms with van der Waals surface area (Å²) in [5, 5.41) is 21.9. The normalized spacial score (nSPS) is 20.1. The third-order valence-corrected chi connectivity index (χ3v) is 8.12. The number of fused-ring (bicyclic) bond motifs is 1. The van der Waals surface area contributed by atoms with Gasteiger partial charge >= 0.3 is 5.97 Å². The van der Waals surface area contributed by atoms with Crippen LogP contribution in [0, 0.1) is 0 Å². The van der Waals surface area contributed by atoms with E-state index in [1.165, 1.54) is 0 Å². The van der Waals surface area contributed by atoms with Gasteiger partial charge in [-0.2, -0.15) is 0 Å². The van der Waals surface area contributed by atoms with E-state index in [-0.39, 0.29) is 31.2 Å². The van der Waals surface area contributed by atoms with Crippen molar-refractivity contribution in [1.82, 2.24) is 5.32 Å². The highest BCUT2D eigenvalue weighted by atomic mass is 16.8. The zero-order valence-corrected chi connectivity index (χ0v) is 25.1. The van der Waals surface area contributed by atoms with Gasteiger partial charge in [0.25, 0.3) is 0 Å². The van der Waals surface area contributed by atoms with Gasteiger partial charge in [0.15, 0.2) is 0 Å². The van der Waals surface area contributed by atoms with Gasteiger partial charge in [0.2, 0.25) is 11.7 Å². The molecule has 3 N–H and O–H groups in total. The number of rotatable bonds is 10. The molecule has 1 fully saturated rings. The highest BCUT2D eigenvalue weighted by molar-refractivity contribution is 5.94. The van der Waals surface area contributed by atoms with E-state index in [2.05, 4.69) is 5.32 Å². The fraction of sp³-hybridized carbons (Fsp3) is 0.211. The number of allylic oxidation sites excluding steroid dienone is 1. The summed E-state index contributed by atoms with van der Waals surface area (Å²) in [7, 11) is 0. The SMILES string of the molecule is O=C(NCCO)C1=CC2OC(c3ccccc3)(c3ccccc3)OC2C(OC(=O)c2ccc(C=CCc3ccccc3O)cc2)C1. The van der Waals surface area contributed by atoms with Gasteiger partial charge < -0.3 is 29.7 Å². The second-order valence-corrected chi connectivity index (χ2v) is 11.2. The van der Waals surface area contributed by atoms with Crippen LogP contribution in [0.4, 0.5) is 0 Å². The molecule has 6 rings (SSSR count). The van der Waals surface area contributed by atoms with Crippen molar-refractivity contribution in [2.45, 2.75) is 36.9 Å². The van der Waals surface area contributed by atoms with Gasteiger partial charge in [-0.3, -0.25) is 4.79 Å². The average Bonchev–Trinajstić information content (AvgIpc) is 3.50. The van der Waals surface area contributed by atoms with Crippen LogP contribution in [0.15, 0.2) is 127 Å². The number of carbonyl (C=O) groups is 2. The lowest BCUT2D eigenvalue weighted by Crippen LogP contribution is -2.43. The van der Waals surface area contributed by atoms with Crippen LogP contribution in [0.3, 0.4) is 0 Å². The van der Waals surface area contributed by atoms with Gasteiger partial charge in [0, 0.05) is 29.7 Å². The van der Waals surface area contributed by atoms with Crippen molar-refractivity contribution in [2.75, 3.05) is 13.2 Å². The summed E-state index contributed by atoms with van der Waals surface area (Å²) in [6.07, 6.45) is 4.05. The molecule has 1 amide bonds. The van der Waals surface area contributed by atoms with E-state index in [0.29, 0.717) is 17.6 Å². The summed E-state index contributed by atoms with van der Waals surface area (Å²) in [6, 6.07) is 33.3. The molecule has 8 nitrogen and oxygen atoms in total. The number of carbonyl (C=O) groups excluding carboxylic acids is 2. The van der Waals surface area contributed by atoms with Crippen LogP contribution in [-0.4, -0.2) is 53.6 Å². The van der Waals surface area contributed by atoms with Gasteiger partial charge in [0.1, 0.15) is 24.1 Å². The van der Waals surface area contributed by atoms with E-state index in [1.807, 2.05) is 97.1 Å². The minimum absolute atomic E-state index is 0.0946. The Bertz CT molecular complexity index is 1680. The van der Waals surface area contributed by atoms with Crippen LogP contribution >= 0.6 is 0 Å². The Balaban J connectivity index is 1.24. The van der Waals surface area contributed by atoms with E-state index in [4.69, 9.17) is 14.2 Å². The molecule has 3 atom stereocenters. The maximum absolute atomic E-state index is 13.5. The number of hydrogen-bond acceptors (Lipinski definition) is 7. The molecule has 4 aromatic rings. The average molecular weight is 618 g/mol. The van der Waals surface area contributed by atoms with Gasteiger partial charge in [0.05, 0.1) is 12.2 Å². The lowest BCUT2D eigenvalue weighted by atomic mass is 9.91. The van der Waals surface area contributed by atoms with Crippen molar-refractivity contribution in [3.63, 3.8) is 0 Å². The van der Waals surface area contributed by atoms with Crippen LogP contribution in [-0.2, 0) is 31.2 Å². The lowest BCUT2D eigenvalue weighted by Gasteiger charge is -2.31. The van der Waals surface area contributed by atoms with Crippen molar-refractivity contribution >= 4 is 18.0 Å². The molecule has 3 unspecified atom stereocenters. The number of aromatic hydroxyl groups is 1. The standard InChI is InChI=1S/C38H35NO7/c40-23-22-39-36(42)29-24-33(44-37(43)28-20-18-26(19-21-28)10-9-12-27-11-7-8-17-32(27)41)35-34(25-29)45-38(46-35,30-13-3-1-4-14-30)31-15-5-2-6-16-31/h1-11,13-21,25,33-35,40-41H,12,22-24H2,(H,39,42). The highest BCUT2D eigenvalue weighted by Gasteiger charge is 2.54. The molecular weight excluding hydrogens is 582 g/mol. The van der Waals surface area contributed by atoms with Crippen LogP contribution in [0.2, 0.25) is 0 Å². The predicted octanol–water partition coefficient (Wildman–Crippen LogP) is 5.30. The van der Waals surface area contributed by atoms with Gasteiger partial charge in [-0.15, -0.1) is 0 Å². The summed E-state index contributed by atoms with van der Waals surface area (Å²) in [6.45, 7) is -0.106. The van der Waals surface area contributed by atoms with Gasteiger partial charge in [-0.1, -0.05) is 103 Å². The molecule has 0 bridgehead atoms. The van der Waals surface area contributed by atoms with Crippen molar-refractivity contribution in [3.05, 3.63) is 155 Å². The molecule has 8 heteroatoms. The van der Waals surface area contributed by atoms with Crippen LogP contribution in [0.5, 0.6) is 5.75 Å². The molecule has 0 saturated carbocycles. The number of para-hydroxylation sites is 1. The fourth-order valence-electron chi connectivity index (χ4n) is 5.82. The number of phenolic OH excluding ortho intramolecular Hbond substituents is 1.